The fraction of sp³-hybridized carbons (Fsp3) is 0.100. The number of fused-ring (bicyclic) bond motifs is 1. The zero-order valence-corrected chi connectivity index (χ0v) is 8.84. The number of ether oxygens (including phenoxy) is 1. The van der Waals surface area contributed by atoms with Crippen molar-refractivity contribution in [3.8, 4) is 0 Å². The molecule has 1 aliphatic heterocycles. The molecule has 4 nitrogen and oxygen atoms in total. The lowest BCUT2D eigenvalue weighted by Crippen LogP contribution is -2.26. The van der Waals surface area contributed by atoms with Gasteiger partial charge in [-0.1, -0.05) is 18.2 Å². The van der Waals surface area contributed by atoms with Gasteiger partial charge in [-0.25, -0.2) is 9.00 Å². The molecule has 5 heteroatoms. The van der Waals surface area contributed by atoms with Gasteiger partial charge in [-0.15, -0.1) is 0 Å². The molecule has 2 rings (SSSR count). The molecule has 1 aliphatic rings. The molecule has 0 fully saturated rings. The summed E-state index contributed by atoms with van der Waals surface area (Å²) in [6.07, 6.45) is 1.63. The first-order chi connectivity index (χ1) is 7.22. The maximum absolute atomic E-state index is 11.7. The van der Waals surface area contributed by atoms with Crippen LogP contribution in [0.15, 0.2) is 34.9 Å². The average molecular weight is 223 g/mol. The fourth-order valence-electron chi connectivity index (χ4n) is 1.32. The van der Waals surface area contributed by atoms with Crippen molar-refractivity contribution in [1.82, 2.24) is 4.72 Å². The van der Waals surface area contributed by atoms with Crippen LogP contribution in [0.5, 0.6) is 0 Å². The third-order valence-electron chi connectivity index (χ3n) is 2.03. The van der Waals surface area contributed by atoms with E-state index in [1.165, 1.54) is 7.11 Å². The topological polar surface area (TPSA) is 55.4 Å². The summed E-state index contributed by atoms with van der Waals surface area (Å²) in [4.78, 5) is 11.9. The highest BCUT2D eigenvalue weighted by Gasteiger charge is 2.20. The molecule has 1 atom stereocenters. The zero-order valence-electron chi connectivity index (χ0n) is 8.02. The van der Waals surface area contributed by atoms with Crippen molar-refractivity contribution < 1.29 is 13.7 Å². The Hall–Kier alpha value is -1.62. The van der Waals surface area contributed by atoms with Crippen LogP contribution in [0.25, 0.3) is 6.08 Å². The molecule has 1 heterocycles. The fourth-order valence-corrected chi connectivity index (χ4v) is 2.31. The van der Waals surface area contributed by atoms with Gasteiger partial charge in [0.05, 0.1) is 12.0 Å². The second kappa shape index (κ2) is 3.86. The molecule has 1 aromatic rings. The molecule has 15 heavy (non-hydrogen) atoms. The smallest absolute Gasteiger partial charge is 0.355 e. The molecular formula is C10H9NO3S. The van der Waals surface area contributed by atoms with Gasteiger partial charge in [0.25, 0.3) is 0 Å². The molecule has 0 bridgehead atoms. The van der Waals surface area contributed by atoms with Gasteiger partial charge < -0.3 is 4.74 Å². The van der Waals surface area contributed by atoms with Gasteiger partial charge in [-0.3, -0.25) is 4.72 Å². The first kappa shape index (κ1) is 9.92. The van der Waals surface area contributed by atoms with Crippen LogP contribution in [0, 0.1) is 0 Å². The molecule has 0 aromatic heterocycles. The number of hydrogen-bond acceptors (Lipinski definition) is 3. The monoisotopic (exact) mass is 223 g/mol. The number of methoxy groups -OCH3 is 1. The Morgan fingerprint density at radius 1 is 1.40 bits per heavy atom. The largest absolute Gasteiger partial charge is 0.464 e. The molecule has 1 N–H and O–H groups in total. The van der Waals surface area contributed by atoms with Gasteiger partial charge in [0.1, 0.15) is 5.70 Å². The summed E-state index contributed by atoms with van der Waals surface area (Å²) in [5.41, 5.74) is 0.990. The molecular weight excluding hydrogens is 214 g/mol. The summed E-state index contributed by atoms with van der Waals surface area (Å²) in [5, 5.41) is 0. The summed E-state index contributed by atoms with van der Waals surface area (Å²) in [7, 11) is -0.101. The van der Waals surface area contributed by atoms with Gasteiger partial charge in [-0.05, 0) is 17.7 Å². The summed E-state index contributed by atoms with van der Waals surface area (Å²) < 4.78 is 18.8. The third kappa shape index (κ3) is 1.78. The molecule has 0 radical (unpaired) electrons. The number of esters is 1. The molecule has 1 aromatic carbocycles. The van der Waals surface area contributed by atoms with Crippen LogP contribution in [0.4, 0.5) is 0 Å². The minimum absolute atomic E-state index is 0.217. The van der Waals surface area contributed by atoms with Crippen molar-refractivity contribution >= 4 is 23.0 Å². The maximum Gasteiger partial charge on any atom is 0.355 e. The Morgan fingerprint density at radius 2 is 2.13 bits per heavy atom. The van der Waals surface area contributed by atoms with Crippen LogP contribution in [-0.2, 0) is 20.5 Å². The number of hydrogen-bond donors (Lipinski definition) is 1. The van der Waals surface area contributed by atoms with Crippen molar-refractivity contribution in [1.29, 1.82) is 0 Å². The summed E-state index contributed by atoms with van der Waals surface area (Å²) in [6.45, 7) is 0. The standard InChI is InChI=1S/C10H9NO3S/c1-14-10(12)8-6-7-4-2-3-5-9(7)15(13)11-8/h2-6,11H,1H3. The van der Waals surface area contributed by atoms with E-state index in [1.54, 1.807) is 24.3 Å². The SMILES string of the molecule is COC(=O)C1=Cc2ccccc2S(=O)N1. The van der Waals surface area contributed by atoms with E-state index in [4.69, 9.17) is 0 Å². The number of benzene rings is 1. The summed E-state index contributed by atoms with van der Waals surface area (Å²) >= 11 is 0. The van der Waals surface area contributed by atoms with Crippen molar-refractivity contribution in [2.75, 3.05) is 7.11 Å². The van der Waals surface area contributed by atoms with Crippen molar-refractivity contribution in [2.45, 2.75) is 4.90 Å². The van der Waals surface area contributed by atoms with Crippen LogP contribution in [0.2, 0.25) is 0 Å². The Balaban J connectivity index is 2.47. The normalized spacial score (nSPS) is 18.5. The first-order valence-corrected chi connectivity index (χ1v) is 5.45. The molecule has 0 saturated heterocycles. The molecule has 0 amide bonds. The summed E-state index contributed by atoms with van der Waals surface area (Å²) in [5.74, 6) is -0.516. The van der Waals surface area contributed by atoms with Gasteiger partial charge in [0.15, 0.2) is 11.0 Å². The van der Waals surface area contributed by atoms with Crippen LogP contribution >= 0.6 is 0 Å². The Bertz CT molecular complexity index is 467. The van der Waals surface area contributed by atoms with Gasteiger partial charge in [0.2, 0.25) is 0 Å². The van der Waals surface area contributed by atoms with Crippen LogP contribution in [0.3, 0.4) is 0 Å². The van der Waals surface area contributed by atoms with E-state index in [1.807, 2.05) is 6.07 Å². The average Bonchev–Trinajstić information content (AvgIpc) is 2.28. The highest BCUT2D eigenvalue weighted by atomic mass is 32.2. The number of carbonyl (C=O) groups is 1. The second-order valence-corrected chi connectivity index (χ2v) is 4.14. The van der Waals surface area contributed by atoms with E-state index < -0.39 is 17.0 Å². The molecule has 1 unspecified atom stereocenters. The highest BCUT2D eigenvalue weighted by molar-refractivity contribution is 7.83. The Morgan fingerprint density at radius 3 is 2.87 bits per heavy atom. The second-order valence-electron chi connectivity index (χ2n) is 2.96. The predicted octanol–water partition coefficient (Wildman–Crippen LogP) is 0.826. The van der Waals surface area contributed by atoms with E-state index >= 15 is 0 Å². The van der Waals surface area contributed by atoms with Crippen LogP contribution in [0.1, 0.15) is 5.56 Å². The highest BCUT2D eigenvalue weighted by Crippen LogP contribution is 2.20. The first-order valence-electron chi connectivity index (χ1n) is 4.30. The third-order valence-corrected chi connectivity index (χ3v) is 3.20. The van der Waals surface area contributed by atoms with E-state index in [-0.39, 0.29) is 5.70 Å². The van der Waals surface area contributed by atoms with Gasteiger partial charge >= 0.3 is 5.97 Å². The maximum atomic E-state index is 11.7. The van der Waals surface area contributed by atoms with Gasteiger partial charge in [0, 0.05) is 0 Å². The zero-order chi connectivity index (χ0) is 10.8. The number of rotatable bonds is 1. The molecule has 0 saturated carbocycles. The number of nitrogens with one attached hydrogen (secondary N) is 1. The van der Waals surface area contributed by atoms with E-state index in [0.717, 1.165) is 5.56 Å². The van der Waals surface area contributed by atoms with E-state index in [2.05, 4.69) is 9.46 Å². The van der Waals surface area contributed by atoms with Crippen LogP contribution in [-0.4, -0.2) is 17.3 Å². The predicted molar refractivity (Wildman–Crippen MR) is 56.0 cm³/mol. The Labute approximate surface area is 89.5 Å². The van der Waals surface area contributed by atoms with Gasteiger partial charge in [-0.2, -0.15) is 0 Å². The van der Waals surface area contributed by atoms with E-state index in [9.17, 15) is 9.00 Å². The lowest BCUT2D eigenvalue weighted by atomic mass is 10.2. The van der Waals surface area contributed by atoms with E-state index in [0.29, 0.717) is 4.90 Å². The van der Waals surface area contributed by atoms with Crippen molar-refractivity contribution in [2.24, 2.45) is 0 Å². The molecule has 0 aliphatic carbocycles. The quantitative estimate of drug-likeness (QED) is 0.717. The number of carbonyl (C=O) groups excluding carboxylic acids is 1. The molecule has 0 spiro atoms. The molecule has 78 valence electrons. The lowest BCUT2D eigenvalue weighted by Gasteiger charge is -2.15. The minimum Gasteiger partial charge on any atom is -0.464 e. The van der Waals surface area contributed by atoms with Crippen molar-refractivity contribution in [3.63, 3.8) is 0 Å². The lowest BCUT2D eigenvalue weighted by molar-refractivity contribution is -0.136. The van der Waals surface area contributed by atoms with Crippen molar-refractivity contribution in [3.05, 3.63) is 35.5 Å². The summed E-state index contributed by atoms with van der Waals surface area (Å²) in [6, 6.07) is 7.18. The Kier molecular flexibility index (Phi) is 2.55. The van der Waals surface area contributed by atoms with Crippen LogP contribution < -0.4 is 4.72 Å². The minimum atomic E-state index is -1.39.